The van der Waals surface area contributed by atoms with Crippen LogP contribution in [0.3, 0.4) is 0 Å². The van der Waals surface area contributed by atoms with Gasteiger partial charge in [-0.15, -0.1) is 0 Å². The molecule has 2 aromatic rings. The van der Waals surface area contributed by atoms with Crippen molar-refractivity contribution in [3.63, 3.8) is 0 Å². The van der Waals surface area contributed by atoms with Gasteiger partial charge in [0.25, 0.3) is 0 Å². The summed E-state index contributed by atoms with van der Waals surface area (Å²) in [6.07, 6.45) is 0.701. The van der Waals surface area contributed by atoms with Gasteiger partial charge < -0.3 is 5.73 Å². The molecular weight excluding hydrogens is 249 g/mol. The first-order valence-electron chi connectivity index (χ1n) is 5.77. The van der Waals surface area contributed by atoms with Gasteiger partial charge in [-0.25, -0.2) is 4.39 Å². The Bertz CT molecular complexity index is 551. The van der Waals surface area contributed by atoms with E-state index in [4.69, 9.17) is 5.73 Å². The SMILES string of the molecule is Cc1cc(Sc2ccc(CCN)cc2F)n(C)n1. The van der Waals surface area contributed by atoms with E-state index in [1.165, 1.54) is 11.8 Å². The van der Waals surface area contributed by atoms with Gasteiger partial charge in [-0.3, -0.25) is 4.68 Å². The molecule has 1 aromatic carbocycles. The van der Waals surface area contributed by atoms with E-state index in [1.54, 1.807) is 16.8 Å². The second kappa shape index (κ2) is 5.54. The van der Waals surface area contributed by atoms with Crippen molar-refractivity contribution in [1.29, 1.82) is 0 Å². The van der Waals surface area contributed by atoms with Crippen LogP contribution in [-0.2, 0) is 13.5 Å². The van der Waals surface area contributed by atoms with Gasteiger partial charge in [-0.1, -0.05) is 17.8 Å². The van der Waals surface area contributed by atoms with E-state index in [2.05, 4.69) is 5.10 Å². The summed E-state index contributed by atoms with van der Waals surface area (Å²) in [6, 6.07) is 7.21. The maximum atomic E-state index is 13.9. The highest BCUT2D eigenvalue weighted by atomic mass is 32.2. The maximum Gasteiger partial charge on any atom is 0.137 e. The van der Waals surface area contributed by atoms with Crippen LogP contribution in [0.15, 0.2) is 34.2 Å². The lowest BCUT2D eigenvalue weighted by molar-refractivity contribution is 0.598. The summed E-state index contributed by atoms with van der Waals surface area (Å²) < 4.78 is 15.7. The van der Waals surface area contributed by atoms with Crippen LogP contribution in [0.5, 0.6) is 0 Å². The van der Waals surface area contributed by atoms with Crippen LogP contribution in [0.2, 0.25) is 0 Å². The monoisotopic (exact) mass is 265 g/mol. The molecule has 0 saturated heterocycles. The van der Waals surface area contributed by atoms with Crippen LogP contribution in [-0.4, -0.2) is 16.3 Å². The molecule has 1 aromatic heterocycles. The number of nitrogens with zero attached hydrogens (tertiary/aromatic N) is 2. The van der Waals surface area contributed by atoms with E-state index in [-0.39, 0.29) is 5.82 Å². The molecule has 2 N–H and O–H groups in total. The number of benzene rings is 1. The van der Waals surface area contributed by atoms with Crippen molar-refractivity contribution in [2.75, 3.05) is 6.54 Å². The zero-order valence-corrected chi connectivity index (χ0v) is 11.3. The van der Waals surface area contributed by atoms with E-state index in [1.807, 2.05) is 26.1 Å². The predicted octanol–water partition coefficient (Wildman–Crippen LogP) is 2.52. The van der Waals surface area contributed by atoms with E-state index >= 15 is 0 Å². The Morgan fingerprint density at radius 1 is 1.39 bits per heavy atom. The molecule has 0 radical (unpaired) electrons. The molecule has 0 atom stereocenters. The van der Waals surface area contributed by atoms with Crippen LogP contribution in [0, 0.1) is 12.7 Å². The zero-order valence-electron chi connectivity index (χ0n) is 10.5. The first-order chi connectivity index (χ1) is 8.60. The van der Waals surface area contributed by atoms with Gasteiger partial charge in [0.05, 0.1) is 10.7 Å². The molecule has 5 heteroatoms. The van der Waals surface area contributed by atoms with Crippen LogP contribution < -0.4 is 5.73 Å². The summed E-state index contributed by atoms with van der Waals surface area (Å²) >= 11 is 1.38. The van der Waals surface area contributed by atoms with Gasteiger partial charge in [0, 0.05) is 11.9 Å². The van der Waals surface area contributed by atoms with Crippen molar-refractivity contribution >= 4 is 11.8 Å². The van der Waals surface area contributed by atoms with E-state index in [0.717, 1.165) is 16.3 Å². The van der Waals surface area contributed by atoms with E-state index in [0.29, 0.717) is 17.9 Å². The molecule has 0 amide bonds. The number of nitrogens with two attached hydrogens (primary N) is 1. The number of hydrogen-bond acceptors (Lipinski definition) is 3. The fraction of sp³-hybridized carbons (Fsp3) is 0.308. The van der Waals surface area contributed by atoms with E-state index in [9.17, 15) is 4.39 Å². The summed E-state index contributed by atoms with van der Waals surface area (Å²) in [5.41, 5.74) is 7.32. The number of aromatic nitrogens is 2. The third-order valence-corrected chi connectivity index (χ3v) is 3.75. The second-order valence-electron chi connectivity index (χ2n) is 4.15. The number of rotatable bonds is 4. The Labute approximate surface area is 110 Å². The Balaban J connectivity index is 2.21. The van der Waals surface area contributed by atoms with Crippen LogP contribution in [0.1, 0.15) is 11.3 Å². The molecule has 0 spiro atoms. The molecule has 2 rings (SSSR count). The predicted molar refractivity (Wildman–Crippen MR) is 71.2 cm³/mol. The minimum Gasteiger partial charge on any atom is -0.330 e. The molecule has 0 unspecified atom stereocenters. The van der Waals surface area contributed by atoms with Crippen molar-refractivity contribution in [2.24, 2.45) is 12.8 Å². The van der Waals surface area contributed by atoms with Crippen LogP contribution in [0.25, 0.3) is 0 Å². The standard InChI is InChI=1S/C13H16FN3S/c1-9-7-13(17(2)16-9)18-12-4-3-10(5-6-15)8-11(12)14/h3-4,7-8H,5-6,15H2,1-2H3. The summed E-state index contributed by atoms with van der Waals surface area (Å²) in [5.74, 6) is -0.204. The first kappa shape index (κ1) is 13.1. The molecule has 96 valence electrons. The van der Waals surface area contributed by atoms with Gasteiger partial charge >= 0.3 is 0 Å². The zero-order chi connectivity index (χ0) is 13.1. The molecule has 18 heavy (non-hydrogen) atoms. The Morgan fingerprint density at radius 3 is 2.72 bits per heavy atom. The third kappa shape index (κ3) is 2.91. The summed E-state index contributed by atoms with van der Waals surface area (Å²) in [7, 11) is 1.86. The quantitative estimate of drug-likeness (QED) is 0.923. The minimum absolute atomic E-state index is 0.204. The van der Waals surface area contributed by atoms with Gasteiger partial charge in [0.15, 0.2) is 0 Å². The smallest absolute Gasteiger partial charge is 0.137 e. The summed E-state index contributed by atoms with van der Waals surface area (Å²) in [6.45, 7) is 2.46. The summed E-state index contributed by atoms with van der Waals surface area (Å²) in [5, 5.41) is 5.17. The maximum absolute atomic E-state index is 13.9. The van der Waals surface area contributed by atoms with Crippen molar-refractivity contribution in [3.8, 4) is 0 Å². The molecule has 3 nitrogen and oxygen atoms in total. The fourth-order valence-corrected chi connectivity index (χ4v) is 2.66. The van der Waals surface area contributed by atoms with Gasteiger partial charge in [0.1, 0.15) is 5.82 Å². The lowest BCUT2D eigenvalue weighted by Gasteiger charge is -2.05. The number of aryl methyl sites for hydroxylation is 2. The van der Waals surface area contributed by atoms with Gasteiger partial charge in [0.2, 0.25) is 0 Å². The highest BCUT2D eigenvalue weighted by Crippen LogP contribution is 2.30. The Kier molecular flexibility index (Phi) is 4.04. The first-order valence-corrected chi connectivity index (χ1v) is 6.59. The highest BCUT2D eigenvalue weighted by Gasteiger charge is 2.09. The Hall–Kier alpha value is -1.33. The molecule has 0 bridgehead atoms. The minimum atomic E-state index is -0.204. The molecule has 0 fully saturated rings. The lowest BCUT2D eigenvalue weighted by atomic mass is 10.1. The number of halogens is 1. The topological polar surface area (TPSA) is 43.8 Å². The van der Waals surface area contributed by atoms with Crippen LogP contribution >= 0.6 is 11.8 Å². The average molecular weight is 265 g/mol. The van der Waals surface area contributed by atoms with Crippen molar-refractivity contribution in [3.05, 3.63) is 41.3 Å². The lowest BCUT2D eigenvalue weighted by Crippen LogP contribution is -2.03. The molecule has 0 saturated carbocycles. The molecular formula is C13H16FN3S. The van der Waals surface area contributed by atoms with Crippen molar-refractivity contribution < 1.29 is 4.39 Å². The molecule has 1 heterocycles. The van der Waals surface area contributed by atoms with Gasteiger partial charge in [-0.05, 0) is 43.7 Å². The molecule has 0 aliphatic carbocycles. The van der Waals surface area contributed by atoms with Crippen LogP contribution in [0.4, 0.5) is 4.39 Å². The van der Waals surface area contributed by atoms with E-state index < -0.39 is 0 Å². The molecule has 0 aliphatic heterocycles. The third-order valence-electron chi connectivity index (χ3n) is 2.60. The Morgan fingerprint density at radius 2 is 2.17 bits per heavy atom. The van der Waals surface area contributed by atoms with Crippen molar-refractivity contribution in [1.82, 2.24) is 9.78 Å². The largest absolute Gasteiger partial charge is 0.330 e. The molecule has 0 aliphatic rings. The highest BCUT2D eigenvalue weighted by molar-refractivity contribution is 7.99. The van der Waals surface area contributed by atoms with Gasteiger partial charge in [-0.2, -0.15) is 5.10 Å². The number of hydrogen-bond donors (Lipinski definition) is 1. The fourth-order valence-electron chi connectivity index (χ4n) is 1.74. The second-order valence-corrected chi connectivity index (χ2v) is 5.22. The normalized spacial score (nSPS) is 10.9. The van der Waals surface area contributed by atoms with Crippen molar-refractivity contribution in [2.45, 2.75) is 23.3 Å². The summed E-state index contributed by atoms with van der Waals surface area (Å²) in [4.78, 5) is 0.610. The average Bonchev–Trinajstić information content (AvgIpc) is 2.62.